The second kappa shape index (κ2) is 9.19. The number of rotatable bonds is 7. The quantitative estimate of drug-likeness (QED) is 0.680. The van der Waals surface area contributed by atoms with Crippen LogP contribution in [0.5, 0.6) is 0 Å². The van der Waals surface area contributed by atoms with Crippen molar-refractivity contribution in [3.05, 3.63) is 0 Å². The fourth-order valence-corrected chi connectivity index (χ4v) is 3.04. The molecule has 2 N–H and O–H groups in total. The molecular formula is C11H22N2OS2. The van der Waals surface area contributed by atoms with Gasteiger partial charge >= 0.3 is 0 Å². The maximum atomic E-state index is 11.7. The third-order valence-electron chi connectivity index (χ3n) is 2.56. The van der Waals surface area contributed by atoms with Crippen LogP contribution in [-0.4, -0.2) is 48.6 Å². The van der Waals surface area contributed by atoms with Crippen LogP contribution in [0.1, 0.15) is 19.3 Å². The third-order valence-corrected chi connectivity index (χ3v) is 4.32. The standard InChI is InChI=1S/C11H22N2OS2/c1-15-7-4-2-3-5-13-11(14)10-9-16-8-6-12-10/h10,12H,2-9H2,1H3,(H,13,14). The lowest BCUT2D eigenvalue weighted by atomic mass is 10.2. The Morgan fingerprint density at radius 3 is 3.06 bits per heavy atom. The minimum atomic E-state index is 0.0324. The van der Waals surface area contributed by atoms with Crippen LogP contribution in [0.3, 0.4) is 0 Å². The summed E-state index contributed by atoms with van der Waals surface area (Å²) in [5.41, 5.74) is 0. The van der Waals surface area contributed by atoms with Crippen LogP contribution < -0.4 is 10.6 Å². The number of carbonyl (C=O) groups excluding carboxylic acids is 1. The predicted molar refractivity (Wildman–Crippen MR) is 74.4 cm³/mol. The van der Waals surface area contributed by atoms with Crippen LogP contribution in [0.15, 0.2) is 0 Å². The van der Waals surface area contributed by atoms with Gasteiger partial charge in [0.1, 0.15) is 0 Å². The van der Waals surface area contributed by atoms with Gasteiger partial charge < -0.3 is 10.6 Å². The number of unbranched alkanes of at least 4 members (excludes halogenated alkanes) is 2. The molecule has 0 aromatic rings. The second-order valence-electron chi connectivity index (χ2n) is 3.93. The maximum absolute atomic E-state index is 11.7. The van der Waals surface area contributed by atoms with E-state index in [4.69, 9.17) is 0 Å². The molecule has 0 saturated carbocycles. The Hall–Kier alpha value is 0.130. The molecular weight excluding hydrogens is 240 g/mol. The molecule has 0 radical (unpaired) electrons. The Balaban J connectivity index is 1.97. The van der Waals surface area contributed by atoms with E-state index in [1.54, 1.807) is 0 Å². The highest BCUT2D eigenvalue weighted by Crippen LogP contribution is 2.07. The first-order valence-corrected chi connectivity index (χ1v) is 8.47. The molecule has 5 heteroatoms. The molecule has 1 heterocycles. The summed E-state index contributed by atoms with van der Waals surface area (Å²) >= 11 is 3.74. The molecule has 3 nitrogen and oxygen atoms in total. The highest BCUT2D eigenvalue weighted by Gasteiger charge is 2.19. The zero-order valence-electron chi connectivity index (χ0n) is 9.96. The molecule has 0 aromatic carbocycles. The van der Waals surface area contributed by atoms with E-state index < -0.39 is 0 Å². The van der Waals surface area contributed by atoms with Gasteiger partial charge in [-0.2, -0.15) is 23.5 Å². The monoisotopic (exact) mass is 262 g/mol. The smallest absolute Gasteiger partial charge is 0.237 e. The Bertz CT molecular complexity index is 196. The second-order valence-corrected chi connectivity index (χ2v) is 6.06. The molecule has 94 valence electrons. The molecule has 16 heavy (non-hydrogen) atoms. The summed E-state index contributed by atoms with van der Waals surface area (Å²) in [5, 5.41) is 6.25. The van der Waals surface area contributed by atoms with Crippen LogP contribution in [0.4, 0.5) is 0 Å². The number of hydrogen-bond donors (Lipinski definition) is 2. The Morgan fingerprint density at radius 2 is 2.38 bits per heavy atom. The Morgan fingerprint density at radius 1 is 1.50 bits per heavy atom. The van der Waals surface area contributed by atoms with E-state index in [-0.39, 0.29) is 11.9 Å². The largest absolute Gasteiger partial charge is 0.355 e. The molecule has 1 rings (SSSR count). The third kappa shape index (κ3) is 6.01. The van der Waals surface area contributed by atoms with Gasteiger partial charge in [-0.25, -0.2) is 0 Å². The predicted octanol–water partition coefficient (Wildman–Crippen LogP) is 1.34. The van der Waals surface area contributed by atoms with Crippen molar-refractivity contribution in [3.63, 3.8) is 0 Å². The van der Waals surface area contributed by atoms with Gasteiger partial charge in [0.25, 0.3) is 0 Å². The first kappa shape index (κ1) is 14.2. The molecule has 1 amide bonds. The van der Waals surface area contributed by atoms with Crippen LogP contribution in [-0.2, 0) is 4.79 Å². The summed E-state index contributed by atoms with van der Waals surface area (Å²) in [4.78, 5) is 11.7. The molecule has 0 aliphatic carbocycles. The first-order valence-electron chi connectivity index (χ1n) is 5.92. The Labute approximate surface area is 107 Å². The van der Waals surface area contributed by atoms with Crippen molar-refractivity contribution in [2.24, 2.45) is 0 Å². The fraction of sp³-hybridized carbons (Fsp3) is 0.909. The normalized spacial score (nSPS) is 20.7. The van der Waals surface area contributed by atoms with E-state index in [0.29, 0.717) is 0 Å². The number of nitrogens with one attached hydrogen (secondary N) is 2. The highest BCUT2D eigenvalue weighted by molar-refractivity contribution is 7.99. The van der Waals surface area contributed by atoms with Crippen molar-refractivity contribution in [2.45, 2.75) is 25.3 Å². The average molecular weight is 262 g/mol. The summed E-state index contributed by atoms with van der Waals surface area (Å²) in [6, 6.07) is 0.0324. The van der Waals surface area contributed by atoms with Crippen molar-refractivity contribution in [2.75, 3.05) is 36.6 Å². The number of amides is 1. The van der Waals surface area contributed by atoms with Crippen LogP contribution in [0, 0.1) is 0 Å². The lowest BCUT2D eigenvalue weighted by Crippen LogP contribution is -2.49. The van der Waals surface area contributed by atoms with Crippen LogP contribution in [0.2, 0.25) is 0 Å². The van der Waals surface area contributed by atoms with Gasteiger partial charge in [-0.15, -0.1) is 0 Å². The highest BCUT2D eigenvalue weighted by atomic mass is 32.2. The van der Waals surface area contributed by atoms with Gasteiger partial charge in [0.2, 0.25) is 5.91 Å². The zero-order chi connectivity index (χ0) is 11.6. The van der Waals surface area contributed by atoms with Gasteiger partial charge in [0.05, 0.1) is 6.04 Å². The molecule has 0 aromatic heterocycles. The van der Waals surface area contributed by atoms with Crippen molar-refractivity contribution < 1.29 is 4.79 Å². The summed E-state index contributed by atoms with van der Waals surface area (Å²) in [7, 11) is 0. The molecule has 1 saturated heterocycles. The average Bonchev–Trinajstić information content (AvgIpc) is 2.34. The maximum Gasteiger partial charge on any atom is 0.237 e. The molecule has 1 unspecified atom stereocenters. The summed E-state index contributed by atoms with van der Waals surface area (Å²) < 4.78 is 0. The minimum Gasteiger partial charge on any atom is -0.355 e. The van der Waals surface area contributed by atoms with E-state index in [9.17, 15) is 4.79 Å². The topological polar surface area (TPSA) is 41.1 Å². The van der Waals surface area contributed by atoms with Crippen molar-refractivity contribution >= 4 is 29.4 Å². The lowest BCUT2D eigenvalue weighted by Gasteiger charge is -2.22. The number of carbonyl (C=O) groups is 1. The molecule has 0 spiro atoms. The van der Waals surface area contributed by atoms with Gasteiger partial charge in [-0.05, 0) is 24.9 Å². The fourth-order valence-electron chi connectivity index (χ4n) is 1.62. The van der Waals surface area contributed by atoms with Crippen molar-refractivity contribution in [1.82, 2.24) is 10.6 Å². The lowest BCUT2D eigenvalue weighted by molar-refractivity contribution is -0.122. The van der Waals surface area contributed by atoms with Crippen LogP contribution in [0.25, 0.3) is 0 Å². The van der Waals surface area contributed by atoms with Gasteiger partial charge in [0.15, 0.2) is 0 Å². The molecule has 1 aliphatic rings. The molecule has 1 aliphatic heterocycles. The summed E-state index contributed by atoms with van der Waals surface area (Å²) in [5.74, 6) is 3.45. The van der Waals surface area contributed by atoms with Crippen molar-refractivity contribution in [1.29, 1.82) is 0 Å². The van der Waals surface area contributed by atoms with Gasteiger partial charge in [-0.1, -0.05) is 6.42 Å². The molecule has 0 bridgehead atoms. The molecule has 1 atom stereocenters. The van der Waals surface area contributed by atoms with E-state index in [2.05, 4.69) is 16.9 Å². The zero-order valence-corrected chi connectivity index (χ0v) is 11.6. The van der Waals surface area contributed by atoms with Crippen molar-refractivity contribution in [3.8, 4) is 0 Å². The van der Waals surface area contributed by atoms with Gasteiger partial charge in [0, 0.05) is 24.6 Å². The van der Waals surface area contributed by atoms with Crippen LogP contribution >= 0.6 is 23.5 Å². The Kier molecular flexibility index (Phi) is 8.15. The first-order chi connectivity index (χ1) is 7.84. The summed E-state index contributed by atoms with van der Waals surface area (Å²) in [6.45, 7) is 1.78. The number of thioether (sulfide) groups is 2. The van der Waals surface area contributed by atoms with Gasteiger partial charge in [-0.3, -0.25) is 4.79 Å². The SMILES string of the molecule is CSCCCCCNC(=O)C1CSCCN1. The van der Waals surface area contributed by atoms with E-state index >= 15 is 0 Å². The summed E-state index contributed by atoms with van der Waals surface area (Å²) in [6.07, 6.45) is 5.71. The molecule has 1 fully saturated rings. The van der Waals surface area contributed by atoms with E-state index in [1.165, 1.54) is 18.6 Å². The van der Waals surface area contributed by atoms with E-state index in [1.807, 2.05) is 23.5 Å². The van der Waals surface area contributed by atoms with E-state index in [0.717, 1.165) is 31.0 Å². The minimum absolute atomic E-state index is 0.0324. The number of hydrogen-bond acceptors (Lipinski definition) is 4.